The summed E-state index contributed by atoms with van der Waals surface area (Å²) in [6.07, 6.45) is 3.62. The number of aryl methyl sites for hydroxylation is 1. The second-order valence-electron chi connectivity index (χ2n) is 3.79. The fraction of sp³-hybridized carbons (Fsp3) is 0.462. The molecule has 80 valence electrons. The number of nitrogens with one attached hydrogen (secondary N) is 1. The molecule has 0 bridgehead atoms. The molecule has 0 spiro atoms. The van der Waals surface area contributed by atoms with E-state index in [0.29, 0.717) is 0 Å². The zero-order valence-corrected chi connectivity index (χ0v) is 9.51. The van der Waals surface area contributed by atoms with Crippen molar-refractivity contribution >= 4 is 5.69 Å². The van der Waals surface area contributed by atoms with Crippen molar-refractivity contribution in [1.29, 1.82) is 5.26 Å². The first-order valence-corrected chi connectivity index (χ1v) is 5.52. The first-order chi connectivity index (χ1) is 7.27. The molecule has 0 atom stereocenters. The summed E-state index contributed by atoms with van der Waals surface area (Å²) in [5.41, 5.74) is 2.89. The van der Waals surface area contributed by atoms with E-state index in [1.807, 2.05) is 25.1 Å². The summed E-state index contributed by atoms with van der Waals surface area (Å²) in [7, 11) is 0. The average Bonchev–Trinajstić information content (AvgIpc) is 2.25. The molecule has 0 unspecified atom stereocenters. The summed E-state index contributed by atoms with van der Waals surface area (Å²) < 4.78 is 0. The highest BCUT2D eigenvalue weighted by Gasteiger charge is 2.00. The molecule has 2 nitrogen and oxygen atoms in total. The zero-order valence-electron chi connectivity index (χ0n) is 9.51. The Bertz CT molecular complexity index is 350. The van der Waals surface area contributed by atoms with Gasteiger partial charge in [0.1, 0.15) is 6.07 Å². The van der Waals surface area contributed by atoms with Crippen LogP contribution >= 0.6 is 0 Å². The second-order valence-corrected chi connectivity index (χ2v) is 3.79. The Labute approximate surface area is 91.9 Å². The van der Waals surface area contributed by atoms with Crippen LogP contribution in [0.2, 0.25) is 0 Å². The number of nitriles is 1. The summed E-state index contributed by atoms with van der Waals surface area (Å²) in [5.74, 6) is 0. The standard InChI is InChI=1S/C13H18N2/c1-3-4-5-8-15-13-9-11(2)6-7-12(13)10-14/h6-7,9,15H,3-5,8H2,1-2H3. The van der Waals surface area contributed by atoms with E-state index in [2.05, 4.69) is 18.3 Å². The third-order valence-corrected chi connectivity index (χ3v) is 2.39. The highest BCUT2D eigenvalue weighted by Crippen LogP contribution is 2.16. The quantitative estimate of drug-likeness (QED) is 0.742. The topological polar surface area (TPSA) is 35.8 Å². The maximum Gasteiger partial charge on any atom is 0.101 e. The number of anilines is 1. The van der Waals surface area contributed by atoms with Gasteiger partial charge in [0.25, 0.3) is 0 Å². The average molecular weight is 202 g/mol. The van der Waals surface area contributed by atoms with Gasteiger partial charge in [-0.15, -0.1) is 0 Å². The molecule has 0 radical (unpaired) electrons. The molecule has 0 amide bonds. The van der Waals surface area contributed by atoms with E-state index in [9.17, 15) is 0 Å². The Morgan fingerprint density at radius 2 is 2.13 bits per heavy atom. The number of rotatable bonds is 5. The lowest BCUT2D eigenvalue weighted by Gasteiger charge is -2.08. The molecule has 0 heterocycles. The first kappa shape index (κ1) is 11.6. The summed E-state index contributed by atoms with van der Waals surface area (Å²) in [6, 6.07) is 8.07. The van der Waals surface area contributed by atoms with Crippen LogP contribution in [-0.4, -0.2) is 6.54 Å². The van der Waals surface area contributed by atoms with Crippen LogP contribution in [0.4, 0.5) is 5.69 Å². The molecule has 1 N–H and O–H groups in total. The summed E-state index contributed by atoms with van der Waals surface area (Å²) in [5, 5.41) is 12.2. The molecule has 1 aromatic rings. The summed E-state index contributed by atoms with van der Waals surface area (Å²) in [4.78, 5) is 0. The third kappa shape index (κ3) is 3.63. The van der Waals surface area contributed by atoms with E-state index in [1.54, 1.807) is 0 Å². The Morgan fingerprint density at radius 3 is 2.80 bits per heavy atom. The van der Waals surface area contributed by atoms with Crippen LogP contribution in [0, 0.1) is 18.3 Å². The number of benzene rings is 1. The van der Waals surface area contributed by atoms with Gasteiger partial charge in [-0.1, -0.05) is 25.8 Å². The summed E-state index contributed by atoms with van der Waals surface area (Å²) in [6.45, 7) is 5.18. The van der Waals surface area contributed by atoms with Crippen LogP contribution in [0.15, 0.2) is 18.2 Å². The lowest BCUT2D eigenvalue weighted by Crippen LogP contribution is -2.03. The molecule has 0 aliphatic carbocycles. The van der Waals surface area contributed by atoms with E-state index in [0.717, 1.165) is 24.2 Å². The molecule has 1 aromatic carbocycles. The highest BCUT2D eigenvalue weighted by molar-refractivity contribution is 5.58. The smallest absolute Gasteiger partial charge is 0.101 e. The molecule has 0 fully saturated rings. The molecule has 0 aliphatic heterocycles. The van der Waals surface area contributed by atoms with Gasteiger partial charge in [-0.25, -0.2) is 0 Å². The van der Waals surface area contributed by atoms with Crippen molar-refractivity contribution in [2.75, 3.05) is 11.9 Å². The van der Waals surface area contributed by atoms with Crippen LogP contribution in [0.25, 0.3) is 0 Å². The molecule has 0 aromatic heterocycles. The number of unbranched alkanes of at least 4 members (excludes halogenated alkanes) is 2. The van der Waals surface area contributed by atoms with Crippen molar-refractivity contribution in [2.24, 2.45) is 0 Å². The Hall–Kier alpha value is -1.49. The lowest BCUT2D eigenvalue weighted by atomic mass is 10.1. The third-order valence-electron chi connectivity index (χ3n) is 2.39. The van der Waals surface area contributed by atoms with E-state index in [1.165, 1.54) is 18.4 Å². The van der Waals surface area contributed by atoms with Crippen LogP contribution < -0.4 is 5.32 Å². The highest BCUT2D eigenvalue weighted by atomic mass is 14.9. The molecular formula is C13H18N2. The predicted octanol–water partition coefficient (Wildman–Crippen LogP) is 3.47. The van der Waals surface area contributed by atoms with Gasteiger partial charge in [0.15, 0.2) is 0 Å². The van der Waals surface area contributed by atoms with Gasteiger partial charge in [0.05, 0.1) is 11.3 Å². The largest absolute Gasteiger partial charge is 0.384 e. The SMILES string of the molecule is CCCCCNc1cc(C)ccc1C#N. The van der Waals surface area contributed by atoms with Gasteiger partial charge in [-0.3, -0.25) is 0 Å². The molecule has 2 heteroatoms. The molecular weight excluding hydrogens is 184 g/mol. The van der Waals surface area contributed by atoms with Crippen LogP contribution in [0.3, 0.4) is 0 Å². The molecule has 0 aliphatic rings. The molecule has 15 heavy (non-hydrogen) atoms. The van der Waals surface area contributed by atoms with Gasteiger partial charge in [0, 0.05) is 6.54 Å². The van der Waals surface area contributed by atoms with Crippen LogP contribution in [0.1, 0.15) is 37.3 Å². The van der Waals surface area contributed by atoms with Crippen LogP contribution in [0.5, 0.6) is 0 Å². The van der Waals surface area contributed by atoms with E-state index >= 15 is 0 Å². The van der Waals surface area contributed by atoms with Gasteiger partial charge in [0.2, 0.25) is 0 Å². The van der Waals surface area contributed by atoms with Crippen LogP contribution in [-0.2, 0) is 0 Å². The minimum absolute atomic E-state index is 0.733. The molecule has 1 rings (SSSR count). The van der Waals surface area contributed by atoms with Gasteiger partial charge < -0.3 is 5.32 Å². The number of hydrogen-bond acceptors (Lipinski definition) is 2. The van der Waals surface area contributed by atoms with Crippen molar-refractivity contribution in [2.45, 2.75) is 33.1 Å². The van der Waals surface area contributed by atoms with Crippen molar-refractivity contribution in [1.82, 2.24) is 0 Å². The lowest BCUT2D eigenvalue weighted by molar-refractivity contribution is 0.743. The van der Waals surface area contributed by atoms with Crippen molar-refractivity contribution in [3.05, 3.63) is 29.3 Å². The van der Waals surface area contributed by atoms with Gasteiger partial charge >= 0.3 is 0 Å². The minimum atomic E-state index is 0.733. The Balaban J connectivity index is 2.59. The predicted molar refractivity (Wildman–Crippen MR) is 63.9 cm³/mol. The van der Waals surface area contributed by atoms with E-state index in [4.69, 9.17) is 5.26 Å². The van der Waals surface area contributed by atoms with E-state index < -0.39 is 0 Å². The maximum absolute atomic E-state index is 8.92. The normalized spacial score (nSPS) is 9.67. The zero-order chi connectivity index (χ0) is 11.1. The molecule has 0 saturated carbocycles. The summed E-state index contributed by atoms with van der Waals surface area (Å²) >= 11 is 0. The number of nitrogens with zero attached hydrogens (tertiary/aromatic N) is 1. The fourth-order valence-electron chi connectivity index (χ4n) is 1.50. The van der Waals surface area contributed by atoms with E-state index in [-0.39, 0.29) is 0 Å². The maximum atomic E-state index is 8.92. The monoisotopic (exact) mass is 202 g/mol. The van der Waals surface area contributed by atoms with Crippen molar-refractivity contribution < 1.29 is 0 Å². The van der Waals surface area contributed by atoms with Gasteiger partial charge in [-0.05, 0) is 31.0 Å². The fourth-order valence-corrected chi connectivity index (χ4v) is 1.50. The number of hydrogen-bond donors (Lipinski definition) is 1. The second kappa shape index (κ2) is 6.08. The Morgan fingerprint density at radius 1 is 1.33 bits per heavy atom. The van der Waals surface area contributed by atoms with Crippen molar-refractivity contribution in [3.63, 3.8) is 0 Å². The van der Waals surface area contributed by atoms with Crippen molar-refractivity contribution in [3.8, 4) is 6.07 Å². The first-order valence-electron chi connectivity index (χ1n) is 5.52. The van der Waals surface area contributed by atoms with Gasteiger partial charge in [-0.2, -0.15) is 5.26 Å². The Kier molecular flexibility index (Phi) is 4.70. The minimum Gasteiger partial charge on any atom is -0.384 e. The molecule has 0 saturated heterocycles.